The summed E-state index contributed by atoms with van der Waals surface area (Å²) in [4.78, 5) is 2.65. The number of nitrogens with zero attached hydrogens (tertiary/aromatic N) is 1. The number of rotatable bonds is 2. The molecule has 0 aliphatic carbocycles. The van der Waals surface area contributed by atoms with Gasteiger partial charge in [-0.2, -0.15) is 0 Å². The maximum atomic E-state index is 5.81. The number of nitrogen functional groups attached to an aromatic ring is 1. The van der Waals surface area contributed by atoms with Crippen LogP contribution in [-0.2, 0) is 0 Å². The smallest absolute Gasteiger partial charge is 0.0429 e. The average molecular weight is 231 g/mol. The number of anilines is 2. The molecule has 1 aromatic rings. The van der Waals surface area contributed by atoms with E-state index in [2.05, 4.69) is 16.3 Å². The minimum atomic E-state index is 0.608. The fraction of sp³-hybridized carbons (Fsp3) is 0.571. The van der Waals surface area contributed by atoms with Crippen molar-refractivity contribution in [1.82, 2.24) is 4.90 Å². The van der Waals surface area contributed by atoms with Crippen molar-refractivity contribution in [2.75, 3.05) is 24.1 Å². The molecule has 2 unspecified atom stereocenters. The molecule has 2 saturated heterocycles. The third-order valence-corrected chi connectivity index (χ3v) is 4.09. The highest BCUT2D eigenvalue weighted by Crippen LogP contribution is 2.29. The molecule has 0 aromatic heterocycles. The monoisotopic (exact) mass is 231 g/mol. The van der Waals surface area contributed by atoms with Gasteiger partial charge in [0.25, 0.3) is 0 Å². The molecule has 3 heteroatoms. The van der Waals surface area contributed by atoms with E-state index in [-0.39, 0.29) is 0 Å². The zero-order valence-electron chi connectivity index (χ0n) is 10.2. The Morgan fingerprint density at radius 3 is 3.00 bits per heavy atom. The Morgan fingerprint density at radius 2 is 2.12 bits per heavy atom. The molecule has 2 aliphatic rings. The molecule has 92 valence electrons. The molecule has 0 amide bonds. The van der Waals surface area contributed by atoms with Crippen LogP contribution in [0.2, 0.25) is 0 Å². The predicted octanol–water partition coefficient (Wildman–Crippen LogP) is 2.31. The summed E-state index contributed by atoms with van der Waals surface area (Å²) in [5, 5.41) is 3.66. The van der Waals surface area contributed by atoms with Gasteiger partial charge < -0.3 is 11.1 Å². The maximum absolute atomic E-state index is 5.81. The number of hydrogen-bond donors (Lipinski definition) is 2. The van der Waals surface area contributed by atoms with E-state index in [1.165, 1.54) is 44.5 Å². The van der Waals surface area contributed by atoms with Crippen molar-refractivity contribution >= 4 is 11.4 Å². The zero-order valence-corrected chi connectivity index (χ0v) is 10.2. The first-order valence-corrected chi connectivity index (χ1v) is 6.69. The van der Waals surface area contributed by atoms with E-state index >= 15 is 0 Å². The van der Waals surface area contributed by atoms with Crippen molar-refractivity contribution in [3.8, 4) is 0 Å². The Bertz CT molecular complexity index is 391. The fourth-order valence-electron chi connectivity index (χ4n) is 3.26. The van der Waals surface area contributed by atoms with Crippen molar-refractivity contribution in [3.63, 3.8) is 0 Å². The van der Waals surface area contributed by atoms with E-state index in [0.717, 1.165) is 11.7 Å². The summed E-state index contributed by atoms with van der Waals surface area (Å²) < 4.78 is 0. The number of piperidine rings is 1. The fourth-order valence-corrected chi connectivity index (χ4v) is 3.26. The van der Waals surface area contributed by atoms with Gasteiger partial charge in [-0.25, -0.2) is 0 Å². The van der Waals surface area contributed by atoms with Crippen LogP contribution >= 0.6 is 0 Å². The summed E-state index contributed by atoms with van der Waals surface area (Å²) in [6, 6.07) is 9.45. The molecule has 3 N–H and O–H groups in total. The van der Waals surface area contributed by atoms with E-state index in [4.69, 9.17) is 5.73 Å². The van der Waals surface area contributed by atoms with Gasteiger partial charge in [-0.3, -0.25) is 4.90 Å². The van der Waals surface area contributed by atoms with Gasteiger partial charge in [0.05, 0.1) is 0 Å². The zero-order chi connectivity index (χ0) is 11.7. The molecule has 2 aliphatic heterocycles. The van der Waals surface area contributed by atoms with Crippen LogP contribution in [0.5, 0.6) is 0 Å². The van der Waals surface area contributed by atoms with Crippen LogP contribution in [0.15, 0.2) is 24.3 Å². The molecule has 0 bridgehead atoms. The number of benzene rings is 1. The van der Waals surface area contributed by atoms with Crippen LogP contribution in [-0.4, -0.2) is 30.1 Å². The van der Waals surface area contributed by atoms with Crippen molar-refractivity contribution in [1.29, 1.82) is 0 Å². The second kappa shape index (κ2) is 4.57. The molecule has 0 spiro atoms. The van der Waals surface area contributed by atoms with Gasteiger partial charge in [0.15, 0.2) is 0 Å². The van der Waals surface area contributed by atoms with Crippen molar-refractivity contribution in [3.05, 3.63) is 24.3 Å². The van der Waals surface area contributed by atoms with Gasteiger partial charge in [-0.15, -0.1) is 0 Å². The Hall–Kier alpha value is -1.22. The normalized spacial score (nSPS) is 28.9. The number of nitrogens with two attached hydrogens (primary N) is 1. The van der Waals surface area contributed by atoms with Gasteiger partial charge in [0.1, 0.15) is 0 Å². The first-order valence-electron chi connectivity index (χ1n) is 6.69. The second-order valence-electron chi connectivity index (χ2n) is 5.26. The molecular weight excluding hydrogens is 210 g/mol. The molecule has 0 saturated carbocycles. The van der Waals surface area contributed by atoms with Crippen LogP contribution in [0, 0.1) is 0 Å². The summed E-state index contributed by atoms with van der Waals surface area (Å²) in [6.07, 6.45) is 5.37. The maximum Gasteiger partial charge on any atom is 0.0429 e. The van der Waals surface area contributed by atoms with E-state index in [9.17, 15) is 0 Å². The van der Waals surface area contributed by atoms with E-state index in [1.54, 1.807) is 0 Å². The molecule has 1 aromatic carbocycles. The third-order valence-electron chi connectivity index (χ3n) is 4.09. The lowest BCUT2D eigenvalue weighted by Crippen LogP contribution is -2.41. The molecule has 2 fully saturated rings. The third kappa shape index (κ3) is 2.25. The van der Waals surface area contributed by atoms with Gasteiger partial charge in [-0.05, 0) is 44.0 Å². The summed E-state index contributed by atoms with van der Waals surface area (Å²) in [5.41, 5.74) is 7.82. The SMILES string of the molecule is Nc1cccc(NC2CCN3CCCCC23)c1. The van der Waals surface area contributed by atoms with Crippen molar-refractivity contribution in [2.45, 2.75) is 37.8 Å². The first-order chi connectivity index (χ1) is 8.33. The lowest BCUT2D eigenvalue weighted by atomic mass is 9.99. The van der Waals surface area contributed by atoms with Crippen LogP contribution in [0.25, 0.3) is 0 Å². The van der Waals surface area contributed by atoms with Crippen molar-refractivity contribution < 1.29 is 0 Å². The second-order valence-corrected chi connectivity index (χ2v) is 5.26. The van der Waals surface area contributed by atoms with Crippen LogP contribution in [0.3, 0.4) is 0 Å². The molecular formula is C14H21N3. The lowest BCUT2D eigenvalue weighted by Gasteiger charge is -2.33. The van der Waals surface area contributed by atoms with E-state index in [0.29, 0.717) is 6.04 Å². The summed E-state index contributed by atoms with van der Waals surface area (Å²) in [5.74, 6) is 0. The molecule has 3 nitrogen and oxygen atoms in total. The summed E-state index contributed by atoms with van der Waals surface area (Å²) in [7, 11) is 0. The van der Waals surface area contributed by atoms with Gasteiger partial charge in [0.2, 0.25) is 0 Å². The van der Waals surface area contributed by atoms with E-state index < -0.39 is 0 Å². The largest absolute Gasteiger partial charge is 0.399 e. The van der Waals surface area contributed by atoms with Crippen LogP contribution in [0.4, 0.5) is 11.4 Å². The predicted molar refractivity (Wildman–Crippen MR) is 72.1 cm³/mol. The molecule has 0 radical (unpaired) electrons. The quantitative estimate of drug-likeness (QED) is 0.767. The molecule has 2 atom stereocenters. The van der Waals surface area contributed by atoms with Crippen LogP contribution < -0.4 is 11.1 Å². The Kier molecular flexibility index (Phi) is 2.93. The Morgan fingerprint density at radius 1 is 1.18 bits per heavy atom. The number of fused-ring (bicyclic) bond motifs is 1. The van der Waals surface area contributed by atoms with Crippen molar-refractivity contribution in [2.24, 2.45) is 0 Å². The first kappa shape index (κ1) is 10.9. The van der Waals surface area contributed by atoms with E-state index in [1.807, 2.05) is 18.2 Å². The highest BCUT2D eigenvalue weighted by Gasteiger charge is 2.35. The minimum Gasteiger partial charge on any atom is -0.399 e. The Labute approximate surface area is 103 Å². The minimum absolute atomic E-state index is 0.608. The van der Waals surface area contributed by atoms with Gasteiger partial charge in [-0.1, -0.05) is 12.5 Å². The average Bonchev–Trinajstić information content (AvgIpc) is 2.73. The molecule has 2 heterocycles. The molecule has 17 heavy (non-hydrogen) atoms. The Balaban J connectivity index is 1.69. The summed E-state index contributed by atoms with van der Waals surface area (Å²) in [6.45, 7) is 2.55. The number of nitrogens with one attached hydrogen (secondary N) is 1. The van der Waals surface area contributed by atoms with Gasteiger partial charge in [0, 0.05) is 30.0 Å². The topological polar surface area (TPSA) is 41.3 Å². The van der Waals surface area contributed by atoms with Gasteiger partial charge >= 0.3 is 0 Å². The highest BCUT2D eigenvalue weighted by atomic mass is 15.2. The van der Waals surface area contributed by atoms with Crippen LogP contribution in [0.1, 0.15) is 25.7 Å². The molecule has 3 rings (SSSR count). The lowest BCUT2D eigenvalue weighted by molar-refractivity contribution is 0.193. The standard InChI is InChI=1S/C14H21N3/c15-11-4-3-5-12(10-11)16-13-7-9-17-8-2-1-6-14(13)17/h3-5,10,13-14,16H,1-2,6-9,15H2. The number of hydrogen-bond acceptors (Lipinski definition) is 3. The highest BCUT2D eigenvalue weighted by molar-refractivity contribution is 5.54. The summed E-state index contributed by atoms with van der Waals surface area (Å²) >= 11 is 0.